The first-order valence-electron chi connectivity index (χ1n) is 9.96. The molecule has 8 heteroatoms. The minimum atomic E-state index is -4.47. The molecule has 1 aliphatic rings. The molecular formula is C23H22F3N3O2. The summed E-state index contributed by atoms with van der Waals surface area (Å²) < 4.78 is 46.8. The summed E-state index contributed by atoms with van der Waals surface area (Å²) in [7, 11) is 0. The molecule has 1 atom stereocenters. The SMILES string of the molecule is CC(=NO)C(Nc1cccc(-c2cnco2)c1)C1(c2ccccc2C(F)(F)F)CCC1. The predicted molar refractivity (Wildman–Crippen MR) is 111 cm³/mol. The van der Waals surface area contributed by atoms with Crippen molar-refractivity contribution in [1.82, 2.24) is 4.98 Å². The Bertz CT molecular complexity index is 1070. The maximum Gasteiger partial charge on any atom is 0.416 e. The van der Waals surface area contributed by atoms with Gasteiger partial charge in [-0.3, -0.25) is 0 Å². The van der Waals surface area contributed by atoms with Crippen molar-refractivity contribution in [3.63, 3.8) is 0 Å². The third-order valence-electron chi connectivity index (χ3n) is 6.03. The fourth-order valence-electron chi connectivity index (χ4n) is 4.42. The highest BCUT2D eigenvalue weighted by Crippen LogP contribution is 2.51. The molecule has 1 unspecified atom stereocenters. The molecule has 0 bridgehead atoms. The number of nitrogens with one attached hydrogen (secondary N) is 1. The first kappa shape index (κ1) is 21.0. The van der Waals surface area contributed by atoms with Crippen LogP contribution in [-0.2, 0) is 11.6 Å². The molecule has 0 saturated heterocycles. The van der Waals surface area contributed by atoms with Gasteiger partial charge < -0.3 is 14.9 Å². The topological polar surface area (TPSA) is 70.7 Å². The van der Waals surface area contributed by atoms with Crippen LogP contribution in [0.2, 0.25) is 0 Å². The van der Waals surface area contributed by atoms with Crippen molar-refractivity contribution in [2.75, 3.05) is 5.32 Å². The second-order valence-corrected chi connectivity index (χ2v) is 7.82. The van der Waals surface area contributed by atoms with Gasteiger partial charge in [0.05, 0.1) is 23.5 Å². The number of anilines is 1. The average molecular weight is 429 g/mol. The molecule has 1 saturated carbocycles. The van der Waals surface area contributed by atoms with E-state index in [1.807, 2.05) is 24.3 Å². The van der Waals surface area contributed by atoms with E-state index in [0.29, 0.717) is 30.0 Å². The van der Waals surface area contributed by atoms with Crippen molar-refractivity contribution in [2.24, 2.45) is 5.16 Å². The molecule has 31 heavy (non-hydrogen) atoms. The van der Waals surface area contributed by atoms with Crippen LogP contribution in [0.25, 0.3) is 11.3 Å². The fourth-order valence-corrected chi connectivity index (χ4v) is 4.42. The summed E-state index contributed by atoms with van der Waals surface area (Å²) in [5, 5.41) is 16.2. The molecule has 1 aliphatic carbocycles. The molecule has 5 nitrogen and oxygen atoms in total. The lowest BCUT2D eigenvalue weighted by atomic mass is 9.58. The molecule has 2 aromatic carbocycles. The second kappa shape index (κ2) is 8.09. The monoisotopic (exact) mass is 429 g/mol. The molecule has 162 valence electrons. The average Bonchev–Trinajstić information content (AvgIpc) is 3.26. The van der Waals surface area contributed by atoms with E-state index in [2.05, 4.69) is 15.5 Å². The molecule has 0 aliphatic heterocycles. The summed E-state index contributed by atoms with van der Waals surface area (Å²) in [5.74, 6) is 0.577. The van der Waals surface area contributed by atoms with Gasteiger partial charge in [-0.25, -0.2) is 4.98 Å². The van der Waals surface area contributed by atoms with E-state index in [-0.39, 0.29) is 5.56 Å². The van der Waals surface area contributed by atoms with E-state index in [1.54, 1.807) is 19.2 Å². The van der Waals surface area contributed by atoms with Crippen molar-refractivity contribution in [1.29, 1.82) is 0 Å². The van der Waals surface area contributed by atoms with Crippen LogP contribution in [0.15, 0.2) is 70.7 Å². The first-order valence-corrected chi connectivity index (χ1v) is 9.96. The van der Waals surface area contributed by atoms with Crippen LogP contribution in [-0.4, -0.2) is 21.9 Å². The van der Waals surface area contributed by atoms with Crippen molar-refractivity contribution < 1.29 is 22.8 Å². The lowest BCUT2D eigenvalue weighted by molar-refractivity contribution is -0.139. The van der Waals surface area contributed by atoms with Crippen molar-refractivity contribution in [3.05, 3.63) is 72.2 Å². The molecule has 4 rings (SSSR count). The van der Waals surface area contributed by atoms with Crippen molar-refractivity contribution in [3.8, 4) is 11.3 Å². The zero-order valence-electron chi connectivity index (χ0n) is 16.9. The molecule has 2 N–H and O–H groups in total. The number of halogens is 3. The Hall–Kier alpha value is -3.29. The quantitative estimate of drug-likeness (QED) is 0.282. The fraction of sp³-hybridized carbons (Fsp3) is 0.304. The van der Waals surface area contributed by atoms with E-state index < -0.39 is 23.2 Å². The number of aromatic nitrogens is 1. The number of nitrogens with zero attached hydrogens (tertiary/aromatic N) is 2. The van der Waals surface area contributed by atoms with Gasteiger partial charge in [0.25, 0.3) is 0 Å². The minimum Gasteiger partial charge on any atom is -0.444 e. The Labute approximate surface area is 177 Å². The molecule has 0 spiro atoms. The van der Waals surface area contributed by atoms with Crippen LogP contribution in [0.1, 0.15) is 37.3 Å². The van der Waals surface area contributed by atoms with Crippen LogP contribution in [0.3, 0.4) is 0 Å². The maximum absolute atomic E-state index is 13.8. The summed E-state index contributed by atoms with van der Waals surface area (Å²) in [6, 6.07) is 12.4. The van der Waals surface area contributed by atoms with Crippen molar-refractivity contribution in [2.45, 2.75) is 43.8 Å². The molecule has 0 amide bonds. The smallest absolute Gasteiger partial charge is 0.416 e. The third-order valence-corrected chi connectivity index (χ3v) is 6.03. The molecule has 1 fully saturated rings. The van der Waals surface area contributed by atoms with E-state index in [1.165, 1.54) is 18.5 Å². The summed E-state index contributed by atoms with van der Waals surface area (Å²) in [6.07, 6.45) is 0.336. The zero-order valence-corrected chi connectivity index (χ0v) is 16.9. The summed E-state index contributed by atoms with van der Waals surface area (Å²) in [4.78, 5) is 3.92. The number of alkyl halides is 3. The maximum atomic E-state index is 13.8. The molecule has 3 aromatic rings. The van der Waals surface area contributed by atoms with E-state index in [4.69, 9.17) is 4.42 Å². The lowest BCUT2D eigenvalue weighted by Gasteiger charge is -2.49. The van der Waals surface area contributed by atoms with Gasteiger partial charge in [-0.1, -0.05) is 41.9 Å². The zero-order chi connectivity index (χ0) is 22.1. The Kier molecular flexibility index (Phi) is 5.47. The van der Waals surface area contributed by atoms with Crippen molar-refractivity contribution >= 4 is 11.4 Å². The van der Waals surface area contributed by atoms with Gasteiger partial charge in [0.2, 0.25) is 0 Å². The Morgan fingerprint density at radius 3 is 2.58 bits per heavy atom. The van der Waals surface area contributed by atoms with Crippen LogP contribution >= 0.6 is 0 Å². The highest BCUT2D eigenvalue weighted by molar-refractivity contribution is 5.91. The van der Waals surface area contributed by atoms with E-state index in [9.17, 15) is 18.4 Å². The minimum absolute atomic E-state index is 0.223. The van der Waals surface area contributed by atoms with Gasteiger partial charge in [-0.05, 0) is 43.5 Å². The summed E-state index contributed by atoms with van der Waals surface area (Å²) >= 11 is 0. The largest absolute Gasteiger partial charge is 0.444 e. The third kappa shape index (κ3) is 3.89. The van der Waals surface area contributed by atoms with Gasteiger partial charge in [-0.2, -0.15) is 13.2 Å². The molecule has 0 radical (unpaired) electrons. The Balaban J connectivity index is 1.76. The highest BCUT2D eigenvalue weighted by atomic mass is 19.4. The normalized spacial score (nSPS) is 17.1. The van der Waals surface area contributed by atoms with Crippen LogP contribution in [0.4, 0.5) is 18.9 Å². The number of oxime groups is 1. The lowest BCUT2D eigenvalue weighted by Crippen LogP contribution is -2.53. The molecule has 1 heterocycles. The van der Waals surface area contributed by atoms with Crippen LogP contribution in [0.5, 0.6) is 0 Å². The predicted octanol–water partition coefficient (Wildman–Crippen LogP) is 6.11. The van der Waals surface area contributed by atoms with Crippen LogP contribution in [0, 0.1) is 0 Å². The summed E-state index contributed by atoms with van der Waals surface area (Å²) in [6.45, 7) is 1.62. The number of hydrogen-bond acceptors (Lipinski definition) is 5. The number of hydrogen-bond donors (Lipinski definition) is 2. The standard InChI is InChI=1S/C23H22F3N3O2/c1-15(29-30)21(28-17-7-4-6-16(12-17)20-13-27-14-31-20)22(10-5-11-22)18-8-2-3-9-19(18)23(24,25)26/h2-4,6-9,12-14,21,28,30H,5,10-11H2,1H3. The first-order chi connectivity index (χ1) is 14.8. The van der Waals surface area contributed by atoms with E-state index >= 15 is 0 Å². The number of rotatable bonds is 6. The van der Waals surface area contributed by atoms with Crippen LogP contribution < -0.4 is 5.32 Å². The Morgan fingerprint density at radius 2 is 1.97 bits per heavy atom. The summed E-state index contributed by atoms with van der Waals surface area (Å²) in [5.41, 5.74) is 0.505. The number of oxazole rings is 1. The Morgan fingerprint density at radius 1 is 1.19 bits per heavy atom. The van der Waals surface area contributed by atoms with Gasteiger partial charge in [0.15, 0.2) is 12.2 Å². The molecular weight excluding hydrogens is 407 g/mol. The second-order valence-electron chi connectivity index (χ2n) is 7.82. The van der Waals surface area contributed by atoms with Gasteiger partial charge in [0.1, 0.15) is 0 Å². The van der Waals surface area contributed by atoms with Gasteiger partial charge in [-0.15, -0.1) is 0 Å². The van der Waals surface area contributed by atoms with Gasteiger partial charge in [0, 0.05) is 16.7 Å². The molecule has 1 aromatic heterocycles. The van der Waals surface area contributed by atoms with E-state index in [0.717, 1.165) is 18.1 Å². The van der Waals surface area contributed by atoms with Gasteiger partial charge >= 0.3 is 6.18 Å². The number of benzene rings is 2. The highest BCUT2D eigenvalue weighted by Gasteiger charge is 2.51.